The molecule has 0 atom stereocenters. The minimum atomic E-state index is -0.0420. The summed E-state index contributed by atoms with van der Waals surface area (Å²) in [6.07, 6.45) is 0. The number of hydrogen-bond acceptors (Lipinski definition) is 3. The second-order valence-corrected chi connectivity index (χ2v) is 6.01. The molecule has 0 bridgehead atoms. The molecule has 2 aromatic carbocycles. The Kier molecular flexibility index (Phi) is 4.45. The molecule has 3 rings (SSSR count). The lowest BCUT2D eigenvalue weighted by Crippen LogP contribution is -2.32. The number of methoxy groups -OCH3 is 1. The van der Waals surface area contributed by atoms with Gasteiger partial charge in [-0.25, -0.2) is 0 Å². The van der Waals surface area contributed by atoms with Crippen LogP contribution in [0.1, 0.15) is 11.1 Å². The molecule has 2 aromatic rings. The summed E-state index contributed by atoms with van der Waals surface area (Å²) in [5.74, 6) is 0.741. The maximum atomic E-state index is 12.4. The van der Waals surface area contributed by atoms with Crippen molar-refractivity contribution in [2.45, 2.75) is 13.2 Å². The van der Waals surface area contributed by atoms with Gasteiger partial charge in [0.05, 0.1) is 25.9 Å². The molecule has 0 saturated heterocycles. The summed E-state index contributed by atoms with van der Waals surface area (Å²) in [7, 11) is 1.64. The molecule has 114 valence electrons. The number of rotatable bonds is 3. The molecule has 0 spiro atoms. The highest BCUT2D eigenvalue weighted by Gasteiger charge is 2.23. The van der Waals surface area contributed by atoms with Crippen molar-refractivity contribution in [3.8, 4) is 5.75 Å². The number of nitrogens with zero attached hydrogens (tertiary/aromatic N) is 1. The summed E-state index contributed by atoms with van der Waals surface area (Å²) in [6.45, 7) is 1.03. The van der Waals surface area contributed by atoms with Gasteiger partial charge in [-0.15, -0.1) is 0 Å². The van der Waals surface area contributed by atoms with Crippen LogP contribution in [0.2, 0.25) is 0 Å². The Hall–Kier alpha value is -1.85. The fourth-order valence-electron chi connectivity index (χ4n) is 2.50. The normalized spacial score (nSPS) is 14.5. The summed E-state index contributed by atoms with van der Waals surface area (Å²) in [5.41, 5.74) is 2.91. The Morgan fingerprint density at radius 3 is 2.91 bits per heavy atom. The van der Waals surface area contributed by atoms with Crippen molar-refractivity contribution < 1.29 is 14.3 Å². The molecule has 1 aliphatic rings. The van der Waals surface area contributed by atoms with E-state index in [1.807, 2.05) is 42.5 Å². The Bertz CT molecular complexity index is 702. The summed E-state index contributed by atoms with van der Waals surface area (Å²) in [4.78, 5) is 14.2. The first-order chi connectivity index (χ1) is 10.7. The van der Waals surface area contributed by atoms with E-state index in [2.05, 4.69) is 15.9 Å². The van der Waals surface area contributed by atoms with E-state index in [1.165, 1.54) is 0 Å². The fourth-order valence-corrected chi connectivity index (χ4v) is 2.85. The van der Waals surface area contributed by atoms with Crippen LogP contribution in [0, 0.1) is 0 Å². The molecule has 1 amide bonds. The van der Waals surface area contributed by atoms with Crippen molar-refractivity contribution in [2.75, 3.05) is 18.6 Å². The predicted octanol–water partition coefficient (Wildman–Crippen LogP) is 3.52. The van der Waals surface area contributed by atoms with E-state index >= 15 is 0 Å². The quantitative estimate of drug-likeness (QED) is 0.839. The maximum Gasteiger partial charge on any atom is 0.253 e. The molecule has 0 radical (unpaired) electrons. The lowest BCUT2D eigenvalue weighted by Gasteiger charge is -2.23. The number of hydrogen-bond donors (Lipinski definition) is 0. The molecule has 0 unspecified atom stereocenters. The zero-order valence-corrected chi connectivity index (χ0v) is 13.8. The van der Waals surface area contributed by atoms with Gasteiger partial charge in [-0.1, -0.05) is 34.1 Å². The summed E-state index contributed by atoms with van der Waals surface area (Å²) < 4.78 is 11.6. The van der Waals surface area contributed by atoms with Gasteiger partial charge in [0.2, 0.25) is 0 Å². The average molecular weight is 362 g/mol. The molecule has 0 aromatic heterocycles. The highest BCUT2D eigenvalue weighted by atomic mass is 79.9. The second-order valence-electron chi connectivity index (χ2n) is 5.10. The van der Waals surface area contributed by atoms with Crippen molar-refractivity contribution in [3.63, 3.8) is 0 Å². The Morgan fingerprint density at radius 1 is 1.23 bits per heavy atom. The fraction of sp³-hybridized carbons (Fsp3) is 0.235. The molecular formula is C17H16BrNO3. The number of anilines is 1. The van der Waals surface area contributed by atoms with Crippen LogP contribution in [0.25, 0.3) is 0 Å². The molecule has 1 heterocycles. The van der Waals surface area contributed by atoms with Gasteiger partial charge in [-0.2, -0.15) is 0 Å². The number of ether oxygens (including phenoxy) is 2. The van der Waals surface area contributed by atoms with Gasteiger partial charge in [0.15, 0.2) is 0 Å². The number of benzene rings is 2. The molecule has 0 N–H and O–H groups in total. The third-order valence-corrected chi connectivity index (χ3v) is 4.09. The van der Waals surface area contributed by atoms with Crippen molar-refractivity contribution >= 4 is 27.5 Å². The Labute approximate surface area is 137 Å². The first-order valence-corrected chi connectivity index (χ1v) is 7.76. The predicted molar refractivity (Wildman–Crippen MR) is 88.0 cm³/mol. The standard InChI is InChI=1S/C17H16BrNO3/c1-21-15-4-2-3-12(7-15)9-19-16-8-14(18)6-5-13(16)10-22-11-17(19)20/h2-8H,9-11H2,1H3. The first-order valence-electron chi connectivity index (χ1n) is 6.97. The summed E-state index contributed by atoms with van der Waals surface area (Å²) >= 11 is 3.47. The number of carbonyl (C=O) groups is 1. The van der Waals surface area contributed by atoms with Gasteiger partial charge < -0.3 is 14.4 Å². The van der Waals surface area contributed by atoms with E-state index in [-0.39, 0.29) is 12.5 Å². The molecule has 1 aliphatic heterocycles. The van der Waals surface area contributed by atoms with Crippen LogP contribution in [0.3, 0.4) is 0 Å². The van der Waals surface area contributed by atoms with Gasteiger partial charge in [0.25, 0.3) is 5.91 Å². The van der Waals surface area contributed by atoms with Gasteiger partial charge in [-0.05, 0) is 29.8 Å². The zero-order valence-electron chi connectivity index (χ0n) is 12.2. The number of fused-ring (bicyclic) bond motifs is 1. The van der Waals surface area contributed by atoms with Crippen molar-refractivity contribution in [1.29, 1.82) is 0 Å². The van der Waals surface area contributed by atoms with E-state index in [0.717, 1.165) is 27.0 Å². The zero-order chi connectivity index (χ0) is 15.5. The molecule has 0 fully saturated rings. The molecule has 0 saturated carbocycles. The van der Waals surface area contributed by atoms with Crippen LogP contribution in [0.4, 0.5) is 5.69 Å². The van der Waals surface area contributed by atoms with Crippen LogP contribution in [0.15, 0.2) is 46.9 Å². The van der Waals surface area contributed by atoms with Gasteiger partial charge in [-0.3, -0.25) is 4.79 Å². The smallest absolute Gasteiger partial charge is 0.253 e. The van der Waals surface area contributed by atoms with Crippen LogP contribution in [-0.2, 0) is 22.7 Å². The van der Waals surface area contributed by atoms with E-state index in [0.29, 0.717) is 13.2 Å². The van der Waals surface area contributed by atoms with E-state index in [4.69, 9.17) is 9.47 Å². The highest BCUT2D eigenvalue weighted by Crippen LogP contribution is 2.29. The molecular weight excluding hydrogens is 346 g/mol. The van der Waals surface area contributed by atoms with Crippen LogP contribution in [-0.4, -0.2) is 19.6 Å². The number of halogens is 1. The molecule has 22 heavy (non-hydrogen) atoms. The largest absolute Gasteiger partial charge is 0.497 e. The lowest BCUT2D eigenvalue weighted by molar-refractivity contribution is -0.123. The van der Waals surface area contributed by atoms with E-state index < -0.39 is 0 Å². The van der Waals surface area contributed by atoms with Crippen molar-refractivity contribution in [2.24, 2.45) is 0 Å². The highest BCUT2D eigenvalue weighted by molar-refractivity contribution is 9.10. The minimum Gasteiger partial charge on any atom is -0.497 e. The SMILES string of the molecule is COc1cccc(CN2C(=O)COCc3ccc(Br)cc32)c1. The van der Waals surface area contributed by atoms with Gasteiger partial charge >= 0.3 is 0 Å². The van der Waals surface area contributed by atoms with Crippen molar-refractivity contribution in [1.82, 2.24) is 0 Å². The lowest BCUT2D eigenvalue weighted by atomic mass is 10.1. The monoisotopic (exact) mass is 361 g/mol. The third-order valence-electron chi connectivity index (χ3n) is 3.60. The Morgan fingerprint density at radius 2 is 2.09 bits per heavy atom. The van der Waals surface area contributed by atoms with Crippen LogP contribution >= 0.6 is 15.9 Å². The first kappa shape index (κ1) is 15.1. The van der Waals surface area contributed by atoms with E-state index in [9.17, 15) is 4.79 Å². The maximum absolute atomic E-state index is 12.4. The van der Waals surface area contributed by atoms with Gasteiger partial charge in [0.1, 0.15) is 12.4 Å². The van der Waals surface area contributed by atoms with Crippen LogP contribution in [0.5, 0.6) is 5.75 Å². The van der Waals surface area contributed by atoms with Crippen LogP contribution < -0.4 is 9.64 Å². The number of carbonyl (C=O) groups excluding carboxylic acids is 1. The van der Waals surface area contributed by atoms with E-state index in [1.54, 1.807) is 12.0 Å². The Balaban J connectivity index is 1.97. The molecule has 5 heteroatoms. The minimum absolute atomic E-state index is 0.0420. The summed E-state index contributed by atoms with van der Waals surface area (Å²) in [6, 6.07) is 13.6. The average Bonchev–Trinajstić information content (AvgIpc) is 2.67. The molecule has 0 aliphatic carbocycles. The van der Waals surface area contributed by atoms with Crippen molar-refractivity contribution in [3.05, 3.63) is 58.1 Å². The summed E-state index contributed by atoms with van der Waals surface area (Å²) in [5, 5.41) is 0. The number of amides is 1. The third kappa shape index (κ3) is 3.15. The topological polar surface area (TPSA) is 38.8 Å². The van der Waals surface area contributed by atoms with Gasteiger partial charge in [0, 0.05) is 10.0 Å². The molecule has 4 nitrogen and oxygen atoms in total. The second kappa shape index (κ2) is 6.50.